The summed E-state index contributed by atoms with van der Waals surface area (Å²) in [5.74, 6) is 0.726. The van der Waals surface area contributed by atoms with Crippen molar-refractivity contribution in [2.75, 3.05) is 19.0 Å². The SMILES string of the molecule is C[C@@H]1CCc2nc(/C(C#N)=C/c3ccc(N(C)C)cc3)sc2C1. The summed E-state index contributed by atoms with van der Waals surface area (Å²) in [6, 6.07) is 10.5. The van der Waals surface area contributed by atoms with Crippen molar-refractivity contribution in [3.05, 3.63) is 45.4 Å². The number of fused-ring (bicyclic) bond motifs is 1. The maximum Gasteiger partial charge on any atom is 0.134 e. The summed E-state index contributed by atoms with van der Waals surface area (Å²) in [5, 5.41) is 10.4. The van der Waals surface area contributed by atoms with E-state index in [1.807, 2.05) is 32.3 Å². The lowest BCUT2D eigenvalue weighted by molar-refractivity contribution is 0.502. The molecule has 3 nitrogen and oxygen atoms in total. The van der Waals surface area contributed by atoms with Gasteiger partial charge in [0.25, 0.3) is 0 Å². The van der Waals surface area contributed by atoms with E-state index in [1.54, 1.807) is 11.3 Å². The molecule has 4 heteroatoms. The second kappa shape index (κ2) is 6.55. The van der Waals surface area contributed by atoms with Crippen LogP contribution in [0.5, 0.6) is 0 Å². The number of hydrogen-bond donors (Lipinski definition) is 0. The molecule has 0 bridgehead atoms. The quantitative estimate of drug-likeness (QED) is 0.786. The van der Waals surface area contributed by atoms with Gasteiger partial charge in [0.2, 0.25) is 0 Å². The Labute approximate surface area is 141 Å². The molecule has 118 valence electrons. The lowest BCUT2D eigenvalue weighted by Gasteiger charge is -2.15. The third kappa shape index (κ3) is 3.46. The van der Waals surface area contributed by atoms with Crippen molar-refractivity contribution in [2.45, 2.75) is 26.2 Å². The van der Waals surface area contributed by atoms with E-state index in [9.17, 15) is 5.26 Å². The van der Waals surface area contributed by atoms with Crippen molar-refractivity contribution < 1.29 is 0 Å². The van der Waals surface area contributed by atoms with E-state index in [2.05, 4.69) is 30.0 Å². The molecule has 0 radical (unpaired) electrons. The minimum atomic E-state index is 0.662. The Morgan fingerprint density at radius 3 is 2.74 bits per heavy atom. The van der Waals surface area contributed by atoms with E-state index in [1.165, 1.54) is 17.0 Å². The molecule has 0 aliphatic heterocycles. The number of thiazole rings is 1. The van der Waals surface area contributed by atoms with Crippen molar-refractivity contribution in [1.29, 1.82) is 5.26 Å². The van der Waals surface area contributed by atoms with E-state index in [4.69, 9.17) is 4.98 Å². The van der Waals surface area contributed by atoms with Crippen LogP contribution < -0.4 is 4.90 Å². The van der Waals surface area contributed by atoms with Crippen molar-refractivity contribution in [2.24, 2.45) is 5.92 Å². The largest absolute Gasteiger partial charge is 0.378 e. The van der Waals surface area contributed by atoms with Gasteiger partial charge in [0.15, 0.2) is 0 Å². The molecule has 1 aliphatic carbocycles. The molecule has 1 heterocycles. The molecule has 0 unspecified atom stereocenters. The Hall–Kier alpha value is -2.12. The zero-order valence-corrected chi connectivity index (χ0v) is 14.7. The van der Waals surface area contributed by atoms with Gasteiger partial charge >= 0.3 is 0 Å². The molecule has 1 aliphatic rings. The Morgan fingerprint density at radius 2 is 2.09 bits per heavy atom. The maximum atomic E-state index is 9.54. The van der Waals surface area contributed by atoms with Crippen LogP contribution in [0, 0.1) is 17.2 Å². The highest BCUT2D eigenvalue weighted by Crippen LogP contribution is 2.33. The van der Waals surface area contributed by atoms with Gasteiger partial charge in [0.05, 0.1) is 11.3 Å². The van der Waals surface area contributed by atoms with E-state index in [-0.39, 0.29) is 0 Å². The highest BCUT2D eigenvalue weighted by atomic mass is 32.1. The molecule has 2 aromatic rings. The van der Waals surface area contributed by atoms with Gasteiger partial charge in [0.1, 0.15) is 11.1 Å². The van der Waals surface area contributed by atoms with Crippen LogP contribution in [-0.4, -0.2) is 19.1 Å². The van der Waals surface area contributed by atoms with Crippen LogP contribution in [0.4, 0.5) is 5.69 Å². The van der Waals surface area contributed by atoms with Crippen LogP contribution in [0.3, 0.4) is 0 Å². The minimum absolute atomic E-state index is 0.662. The molecule has 1 aromatic heterocycles. The molecule has 0 N–H and O–H groups in total. The number of anilines is 1. The monoisotopic (exact) mass is 323 g/mol. The molecule has 0 fully saturated rings. The van der Waals surface area contributed by atoms with E-state index < -0.39 is 0 Å². The number of nitriles is 1. The van der Waals surface area contributed by atoms with Crippen LogP contribution in [0.25, 0.3) is 11.6 Å². The van der Waals surface area contributed by atoms with E-state index in [0.29, 0.717) is 5.57 Å². The van der Waals surface area contributed by atoms with Gasteiger partial charge in [-0.1, -0.05) is 19.1 Å². The topological polar surface area (TPSA) is 39.9 Å². The number of hydrogen-bond acceptors (Lipinski definition) is 4. The van der Waals surface area contributed by atoms with E-state index >= 15 is 0 Å². The maximum absolute atomic E-state index is 9.54. The fraction of sp³-hybridized carbons (Fsp3) is 0.368. The summed E-state index contributed by atoms with van der Waals surface area (Å²) < 4.78 is 0. The highest BCUT2D eigenvalue weighted by molar-refractivity contribution is 7.13. The molecule has 0 spiro atoms. The highest BCUT2D eigenvalue weighted by Gasteiger charge is 2.20. The molecular formula is C19H21N3S. The Balaban J connectivity index is 1.89. The molecular weight excluding hydrogens is 302 g/mol. The molecule has 0 saturated carbocycles. The second-order valence-corrected chi connectivity index (χ2v) is 7.48. The minimum Gasteiger partial charge on any atom is -0.378 e. The lowest BCUT2D eigenvalue weighted by atomic mass is 9.93. The van der Waals surface area contributed by atoms with Crippen molar-refractivity contribution in [3.8, 4) is 6.07 Å². The first-order chi connectivity index (χ1) is 11.1. The number of benzene rings is 1. The molecule has 3 rings (SSSR count). The zero-order valence-electron chi connectivity index (χ0n) is 13.8. The first-order valence-corrected chi connectivity index (χ1v) is 8.76. The number of allylic oxidation sites excluding steroid dienone is 1. The average Bonchev–Trinajstić information content (AvgIpc) is 2.95. The van der Waals surface area contributed by atoms with Gasteiger partial charge in [0, 0.05) is 24.7 Å². The van der Waals surface area contributed by atoms with Crippen molar-refractivity contribution in [3.63, 3.8) is 0 Å². The first kappa shape index (κ1) is 15.8. The summed E-state index contributed by atoms with van der Waals surface area (Å²) in [6.07, 6.45) is 5.29. The zero-order chi connectivity index (χ0) is 16.4. The van der Waals surface area contributed by atoms with Crippen molar-refractivity contribution >= 4 is 28.7 Å². The summed E-state index contributed by atoms with van der Waals surface area (Å²) in [7, 11) is 4.04. The number of rotatable bonds is 3. The lowest BCUT2D eigenvalue weighted by Crippen LogP contribution is -2.09. The van der Waals surface area contributed by atoms with Crippen LogP contribution in [0.1, 0.15) is 34.5 Å². The van der Waals surface area contributed by atoms with Gasteiger partial charge in [-0.2, -0.15) is 5.26 Å². The van der Waals surface area contributed by atoms with Crippen LogP contribution >= 0.6 is 11.3 Å². The van der Waals surface area contributed by atoms with Crippen LogP contribution in [0.15, 0.2) is 24.3 Å². The molecule has 1 atom stereocenters. The van der Waals surface area contributed by atoms with Crippen LogP contribution in [-0.2, 0) is 12.8 Å². The summed E-state index contributed by atoms with van der Waals surface area (Å²) in [6.45, 7) is 2.29. The molecule has 0 amide bonds. The normalized spacial score (nSPS) is 17.5. The number of aryl methyl sites for hydroxylation is 1. The van der Waals surface area contributed by atoms with Gasteiger partial charge < -0.3 is 4.90 Å². The first-order valence-electron chi connectivity index (χ1n) is 7.95. The summed E-state index contributed by atoms with van der Waals surface area (Å²) in [5.41, 5.74) is 4.05. The summed E-state index contributed by atoms with van der Waals surface area (Å²) in [4.78, 5) is 8.15. The van der Waals surface area contributed by atoms with E-state index in [0.717, 1.165) is 35.0 Å². The standard InChI is InChI=1S/C19H21N3S/c1-13-4-9-17-18(10-13)23-19(21-17)15(12-20)11-14-5-7-16(8-6-14)22(2)3/h5-8,11,13H,4,9-10H2,1-3H3/b15-11+/t13-/m1/s1. The smallest absolute Gasteiger partial charge is 0.134 e. The number of aromatic nitrogens is 1. The summed E-state index contributed by atoms with van der Waals surface area (Å²) >= 11 is 1.69. The predicted octanol–water partition coefficient (Wildman–Crippen LogP) is 4.40. The Kier molecular flexibility index (Phi) is 4.49. The third-order valence-corrected chi connectivity index (χ3v) is 5.41. The predicted molar refractivity (Wildman–Crippen MR) is 97.6 cm³/mol. The second-order valence-electron chi connectivity index (χ2n) is 6.39. The Bertz CT molecular complexity index is 763. The van der Waals surface area contributed by atoms with Gasteiger partial charge in [-0.15, -0.1) is 11.3 Å². The van der Waals surface area contributed by atoms with Crippen molar-refractivity contribution in [1.82, 2.24) is 4.98 Å². The fourth-order valence-electron chi connectivity index (χ4n) is 2.83. The van der Waals surface area contributed by atoms with Crippen LogP contribution in [0.2, 0.25) is 0 Å². The molecule has 23 heavy (non-hydrogen) atoms. The van der Waals surface area contributed by atoms with Gasteiger partial charge in [-0.25, -0.2) is 4.98 Å². The fourth-order valence-corrected chi connectivity index (χ4v) is 4.07. The van der Waals surface area contributed by atoms with Gasteiger partial charge in [-0.05, 0) is 49.0 Å². The molecule has 0 saturated heterocycles. The molecule has 1 aromatic carbocycles. The third-order valence-electron chi connectivity index (χ3n) is 4.26. The Morgan fingerprint density at radius 1 is 1.35 bits per heavy atom. The number of nitrogens with zero attached hydrogens (tertiary/aromatic N) is 3. The average molecular weight is 323 g/mol. The van der Waals surface area contributed by atoms with Gasteiger partial charge in [-0.3, -0.25) is 0 Å².